The van der Waals surface area contributed by atoms with Crippen LogP contribution in [0.3, 0.4) is 0 Å². The molecule has 1 amide bonds. The maximum absolute atomic E-state index is 11.8. The molecule has 0 saturated heterocycles. The Balaban J connectivity index is 2.60. The molecule has 0 radical (unpaired) electrons. The topological polar surface area (TPSA) is 75.6 Å². The summed E-state index contributed by atoms with van der Waals surface area (Å²) in [4.78, 5) is 22.6. The van der Waals surface area contributed by atoms with Crippen molar-refractivity contribution in [3.05, 3.63) is 29.3 Å². The van der Waals surface area contributed by atoms with Crippen molar-refractivity contribution in [3.8, 4) is 5.75 Å². The number of benzene rings is 1. The number of hydrogen-bond acceptors (Lipinski definition) is 3. The number of rotatable bonds is 6. The first-order chi connectivity index (χ1) is 8.93. The Bertz CT molecular complexity index is 464. The largest absolute Gasteiger partial charge is 0.481 e. The lowest BCUT2D eigenvalue weighted by Gasteiger charge is -2.18. The highest BCUT2D eigenvalue weighted by atomic mass is 35.5. The van der Waals surface area contributed by atoms with Gasteiger partial charge >= 0.3 is 5.97 Å². The number of amides is 1. The number of carbonyl (C=O) groups is 2. The number of carboxylic acid groups (broad SMARTS) is 1. The molecule has 0 aliphatic rings. The van der Waals surface area contributed by atoms with Gasteiger partial charge in [-0.25, -0.2) is 4.79 Å². The Hall–Kier alpha value is -1.75. The molecule has 0 spiro atoms. The summed E-state index contributed by atoms with van der Waals surface area (Å²) >= 11 is 5.80. The second kappa shape index (κ2) is 6.99. The lowest BCUT2D eigenvalue weighted by molar-refractivity contribution is -0.143. The van der Waals surface area contributed by atoms with Crippen LogP contribution in [-0.2, 0) is 9.59 Å². The third kappa shape index (κ3) is 4.79. The Morgan fingerprint density at radius 1 is 1.47 bits per heavy atom. The molecule has 2 atom stereocenters. The Labute approximate surface area is 116 Å². The van der Waals surface area contributed by atoms with Gasteiger partial charge in [-0.1, -0.05) is 24.6 Å². The van der Waals surface area contributed by atoms with E-state index in [4.69, 9.17) is 21.4 Å². The second-order valence-electron chi connectivity index (χ2n) is 4.03. The molecule has 104 valence electrons. The van der Waals surface area contributed by atoms with Gasteiger partial charge in [-0.3, -0.25) is 4.79 Å². The summed E-state index contributed by atoms with van der Waals surface area (Å²) in [7, 11) is 0. The van der Waals surface area contributed by atoms with E-state index in [9.17, 15) is 9.59 Å². The van der Waals surface area contributed by atoms with E-state index in [1.54, 1.807) is 38.1 Å². The zero-order valence-corrected chi connectivity index (χ0v) is 11.5. The average molecular weight is 286 g/mol. The van der Waals surface area contributed by atoms with Crippen molar-refractivity contribution in [1.82, 2.24) is 5.32 Å². The van der Waals surface area contributed by atoms with Crippen LogP contribution in [0.15, 0.2) is 24.3 Å². The summed E-state index contributed by atoms with van der Waals surface area (Å²) in [6.45, 7) is 3.23. The highest BCUT2D eigenvalue weighted by Crippen LogP contribution is 2.18. The minimum atomic E-state index is -1.06. The SMILES string of the molecule is CC[C@@H](NC(=O)C(C)Oc1cccc(Cl)c1)C(=O)O. The third-order valence-corrected chi connectivity index (χ3v) is 2.74. The van der Waals surface area contributed by atoms with E-state index in [0.29, 0.717) is 17.2 Å². The maximum atomic E-state index is 11.8. The second-order valence-corrected chi connectivity index (χ2v) is 4.46. The van der Waals surface area contributed by atoms with E-state index in [2.05, 4.69) is 5.32 Å². The fraction of sp³-hybridized carbons (Fsp3) is 0.385. The van der Waals surface area contributed by atoms with Crippen molar-refractivity contribution in [1.29, 1.82) is 0 Å². The molecular weight excluding hydrogens is 270 g/mol. The number of aliphatic carboxylic acids is 1. The van der Waals surface area contributed by atoms with Gasteiger partial charge in [0.2, 0.25) is 0 Å². The molecule has 2 N–H and O–H groups in total. The zero-order chi connectivity index (χ0) is 14.4. The smallest absolute Gasteiger partial charge is 0.326 e. The monoisotopic (exact) mass is 285 g/mol. The molecule has 0 aromatic heterocycles. The van der Waals surface area contributed by atoms with E-state index >= 15 is 0 Å². The van der Waals surface area contributed by atoms with Gasteiger partial charge in [0.1, 0.15) is 11.8 Å². The van der Waals surface area contributed by atoms with Gasteiger partial charge in [-0.15, -0.1) is 0 Å². The standard InChI is InChI=1S/C13H16ClNO4/c1-3-11(13(17)18)15-12(16)8(2)19-10-6-4-5-9(14)7-10/h4-8,11H,3H2,1-2H3,(H,15,16)(H,17,18)/t8?,11-/m1/s1. The van der Waals surface area contributed by atoms with Crippen LogP contribution < -0.4 is 10.1 Å². The Morgan fingerprint density at radius 2 is 2.16 bits per heavy atom. The Morgan fingerprint density at radius 3 is 2.68 bits per heavy atom. The molecule has 5 nitrogen and oxygen atoms in total. The number of hydrogen-bond donors (Lipinski definition) is 2. The minimum Gasteiger partial charge on any atom is -0.481 e. The number of halogens is 1. The third-order valence-electron chi connectivity index (χ3n) is 2.50. The van der Waals surface area contributed by atoms with Crippen molar-refractivity contribution >= 4 is 23.5 Å². The number of carboxylic acids is 1. The maximum Gasteiger partial charge on any atom is 0.326 e. The van der Waals surface area contributed by atoms with E-state index < -0.39 is 24.0 Å². The molecular formula is C13H16ClNO4. The van der Waals surface area contributed by atoms with Crippen molar-refractivity contribution < 1.29 is 19.4 Å². The first-order valence-corrected chi connectivity index (χ1v) is 6.27. The normalized spacial score (nSPS) is 13.4. The molecule has 0 heterocycles. The first kappa shape index (κ1) is 15.3. The fourth-order valence-electron chi connectivity index (χ4n) is 1.43. The van der Waals surface area contributed by atoms with Crippen LogP contribution in [0.25, 0.3) is 0 Å². The summed E-state index contributed by atoms with van der Waals surface area (Å²) < 4.78 is 5.39. The molecule has 1 unspecified atom stereocenters. The van der Waals surface area contributed by atoms with Crippen LogP contribution >= 0.6 is 11.6 Å². The van der Waals surface area contributed by atoms with Gasteiger partial charge < -0.3 is 15.2 Å². The molecule has 0 aliphatic heterocycles. The van der Waals surface area contributed by atoms with Crippen LogP contribution in [0, 0.1) is 0 Å². The average Bonchev–Trinajstić information content (AvgIpc) is 2.35. The quantitative estimate of drug-likeness (QED) is 0.839. The number of nitrogens with one attached hydrogen (secondary N) is 1. The summed E-state index contributed by atoms with van der Waals surface area (Å²) in [6, 6.07) is 5.74. The molecule has 1 aromatic rings. The Kier molecular flexibility index (Phi) is 5.63. The van der Waals surface area contributed by atoms with Crippen molar-refractivity contribution in [3.63, 3.8) is 0 Å². The van der Waals surface area contributed by atoms with Crippen LogP contribution in [0.2, 0.25) is 5.02 Å². The fourth-order valence-corrected chi connectivity index (χ4v) is 1.61. The molecule has 0 fully saturated rings. The summed E-state index contributed by atoms with van der Waals surface area (Å²) in [5.74, 6) is -1.08. The molecule has 0 bridgehead atoms. The van der Waals surface area contributed by atoms with E-state index in [1.165, 1.54) is 0 Å². The van der Waals surface area contributed by atoms with Crippen molar-refractivity contribution in [2.45, 2.75) is 32.4 Å². The molecule has 0 saturated carbocycles. The summed E-state index contributed by atoms with van der Waals surface area (Å²) in [5, 5.41) is 11.8. The molecule has 19 heavy (non-hydrogen) atoms. The van der Waals surface area contributed by atoms with Crippen molar-refractivity contribution in [2.75, 3.05) is 0 Å². The lowest BCUT2D eigenvalue weighted by Crippen LogP contribution is -2.45. The van der Waals surface area contributed by atoms with Crippen LogP contribution in [0.5, 0.6) is 5.75 Å². The molecule has 1 aromatic carbocycles. The van der Waals surface area contributed by atoms with Crippen molar-refractivity contribution in [2.24, 2.45) is 0 Å². The van der Waals surface area contributed by atoms with Crippen LogP contribution in [-0.4, -0.2) is 29.1 Å². The predicted molar refractivity (Wildman–Crippen MR) is 71.4 cm³/mol. The van der Waals surface area contributed by atoms with E-state index in [0.717, 1.165) is 0 Å². The van der Waals surface area contributed by atoms with Crippen LogP contribution in [0.4, 0.5) is 0 Å². The summed E-state index contributed by atoms with van der Waals surface area (Å²) in [5.41, 5.74) is 0. The van der Waals surface area contributed by atoms with Gasteiger partial charge in [0.05, 0.1) is 0 Å². The summed E-state index contributed by atoms with van der Waals surface area (Å²) in [6.07, 6.45) is -0.489. The molecule has 0 aliphatic carbocycles. The predicted octanol–water partition coefficient (Wildman–Crippen LogP) is 2.09. The van der Waals surface area contributed by atoms with Gasteiger partial charge in [-0.05, 0) is 31.5 Å². The highest BCUT2D eigenvalue weighted by molar-refractivity contribution is 6.30. The highest BCUT2D eigenvalue weighted by Gasteiger charge is 2.22. The van der Waals surface area contributed by atoms with Gasteiger partial charge in [-0.2, -0.15) is 0 Å². The number of ether oxygens (including phenoxy) is 1. The molecule has 6 heteroatoms. The first-order valence-electron chi connectivity index (χ1n) is 5.89. The van der Waals surface area contributed by atoms with E-state index in [-0.39, 0.29) is 0 Å². The minimum absolute atomic E-state index is 0.310. The number of carbonyl (C=O) groups excluding carboxylic acids is 1. The van der Waals surface area contributed by atoms with Gasteiger partial charge in [0, 0.05) is 5.02 Å². The van der Waals surface area contributed by atoms with Crippen LogP contribution in [0.1, 0.15) is 20.3 Å². The van der Waals surface area contributed by atoms with E-state index in [1.807, 2.05) is 0 Å². The lowest BCUT2D eigenvalue weighted by atomic mass is 10.2. The zero-order valence-electron chi connectivity index (χ0n) is 10.7. The van der Waals surface area contributed by atoms with Gasteiger partial charge in [0.15, 0.2) is 6.10 Å². The molecule has 1 rings (SSSR count). The van der Waals surface area contributed by atoms with Gasteiger partial charge in [0.25, 0.3) is 5.91 Å².